The van der Waals surface area contributed by atoms with Gasteiger partial charge in [-0.15, -0.1) is 10.2 Å². The second kappa shape index (κ2) is 5.95. The van der Waals surface area contributed by atoms with Crippen LogP contribution in [-0.4, -0.2) is 37.1 Å². The number of hydrogen-bond acceptors (Lipinski definition) is 4. The number of aromatic nitrogens is 4. The van der Waals surface area contributed by atoms with Gasteiger partial charge in [0.25, 0.3) is 5.91 Å². The Morgan fingerprint density at radius 2 is 2.00 bits per heavy atom. The predicted molar refractivity (Wildman–Crippen MR) is 95.3 cm³/mol. The number of carbonyl (C=O) groups excluding carboxylic acids is 1. The zero-order valence-corrected chi connectivity index (χ0v) is 14.7. The van der Waals surface area contributed by atoms with Crippen LogP contribution < -0.4 is 0 Å². The second-order valence-electron chi connectivity index (χ2n) is 6.91. The van der Waals surface area contributed by atoms with E-state index in [2.05, 4.69) is 40.5 Å². The number of hydrogen-bond donors (Lipinski definition) is 0. The molecule has 0 aliphatic carbocycles. The first-order valence-corrected chi connectivity index (χ1v) is 8.63. The summed E-state index contributed by atoms with van der Waals surface area (Å²) in [5.74, 6) is 2.15. The fraction of sp³-hybridized carbons (Fsp3) is 0.368. The maximum atomic E-state index is 13.1. The average Bonchev–Trinajstić information content (AvgIpc) is 3.05. The van der Waals surface area contributed by atoms with Crippen molar-refractivity contribution < 1.29 is 4.79 Å². The van der Waals surface area contributed by atoms with Crippen molar-refractivity contribution in [1.29, 1.82) is 0 Å². The van der Waals surface area contributed by atoms with Gasteiger partial charge in [0.15, 0.2) is 5.82 Å². The minimum Gasteiger partial charge on any atom is -0.329 e. The van der Waals surface area contributed by atoms with Crippen molar-refractivity contribution in [1.82, 2.24) is 24.6 Å². The van der Waals surface area contributed by atoms with Crippen molar-refractivity contribution in [3.05, 3.63) is 53.7 Å². The van der Waals surface area contributed by atoms with E-state index in [0.717, 1.165) is 22.6 Å². The van der Waals surface area contributed by atoms with Gasteiger partial charge in [0.1, 0.15) is 5.82 Å². The molecule has 0 N–H and O–H groups in total. The molecule has 0 fully saturated rings. The summed E-state index contributed by atoms with van der Waals surface area (Å²) in [4.78, 5) is 19.4. The molecule has 0 bridgehead atoms. The summed E-state index contributed by atoms with van der Waals surface area (Å²) in [5.41, 5.74) is 1.39. The molecule has 1 amide bonds. The number of amides is 1. The lowest BCUT2D eigenvalue weighted by Gasteiger charge is -2.33. The quantitative estimate of drug-likeness (QED) is 0.721. The van der Waals surface area contributed by atoms with Gasteiger partial charge < -0.3 is 9.47 Å². The summed E-state index contributed by atoms with van der Waals surface area (Å²) in [6.07, 6.45) is 1.73. The van der Waals surface area contributed by atoms with Crippen LogP contribution >= 0.6 is 0 Å². The van der Waals surface area contributed by atoms with Crippen LogP contribution in [0, 0.1) is 0 Å². The van der Waals surface area contributed by atoms with E-state index in [9.17, 15) is 4.79 Å². The van der Waals surface area contributed by atoms with E-state index < -0.39 is 0 Å². The highest BCUT2D eigenvalue weighted by atomic mass is 16.2. The Hall–Kier alpha value is -2.76. The molecule has 128 valence electrons. The van der Waals surface area contributed by atoms with Crippen LogP contribution in [0.2, 0.25) is 0 Å². The molecule has 25 heavy (non-hydrogen) atoms. The molecule has 1 aromatic carbocycles. The van der Waals surface area contributed by atoms with Crippen LogP contribution in [-0.2, 0) is 6.54 Å². The number of fused-ring (bicyclic) bond motifs is 2. The first-order chi connectivity index (χ1) is 12.1. The third-order valence-corrected chi connectivity index (χ3v) is 4.72. The predicted octanol–water partition coefficient (Wildman–Crippen LogP) is 3.17. The molecular formula is C19H21N5O. The first-order valence-electron chi connectivity index (χ1n) is 8.63. The summed E-state index contributed by atoms with van der Waals surface area (Å²) in [6.45, 7) is 7.46. The zero-order valence-electron chi connectivity index (χ0n) is 14.7. The Morgan fingerprint density at radius 3 is 2.80 bits per heavy atom. The van der Waals surface area contributed by atoms with Crippen molar-refractivity contribution in [2.45, 2.75) is 39.3 Å². The summed E-state index contributed by atoms with van der Waals surface area (Å²) in [5, 5.41) is 9.62. The molecule has 6 nitrogen and oxygen atoms in total. The van der Waals surface area contributed by atoms with Crippen LogP contribution in [0.25, 0.3) is 10.9 Å². The number of pyridine rings is 1. The van der Waals surface area contributed by atoms with Crippen LogP contribution in [0.1, 0.15) is 54.7 Å². The van der Waals surface area contributed by atoms with E-state index >= 15 is 0 Å². The fourth-order valence-electron chi connectivity index (χ4n) is 3.56. The lowest BCUT2D eigenvalue weighted by atomic mass is 10.1. The van der Waals surface area contributed by atoms with Gasteiger partial charge in [-0.25, -0.2) is 0 Å². The van der Waals surface area contributed by atoms with Crippen LogP contribution in [0.15, 0.2) is 36.5 Å². The highest BCUT2D eigenvalue weighted by Gasteiger charge is 2.30. The topological polar surface area (TPSA) is 63.9 Å². The summed E-state index contributed by atoms with van der Waals surface area (Å²) in [6, 6.07) is 9.75. The normalized spacial score (nSPS) is 17.1. The van der Waals surface area contributed by atoms with Crippen molar-refractivity contribution in [2.24, 2.45) is 0 Å². The Labute approximate surface area is 146 Å². The molecular weight excluding hydrogens is 314 g/mol. The molecule has 2 aromatic heterocycles. The molecule has 0 saturated heterocycles. The largest absolute Gasteiger partial charge is 0.329 e. The van der Waals surface area contributed by atoms with Crippen LogP contribution in [0.4, 0.5) is 0 Å². The number of carbonyl (C=O) groups is 1. The number of rotatable bonds is 2. The standard InChI is InChI=1S/C19H21N5O/c1-12(2)18-22-21-16-11-23(10-13(3)24(16)18)19(25)15-8-4-6-14-7-5-9-20-17(14)15/h4-9,12-13H,10-11H2,1-3H3/t13-/m0/s1. The van der Waals surface area contributed by atoms with Crippen molar-refractivity contribution in [3.63, 3.8) is 0 Å². The Kier molecular flexibility index (Phi) is 3.75. The van der Waals surface area contributed by atoms with E-state index in [-0.39, 0.29) is 11.9 Å². The van der Waals surface area contributed by atoms with E-state index in [1.165, 1.54) is 0 Å². The molecule has 6 heteroatoms. The minimum absolute atomic E-state index is 0.00324. The van der Waals surface area contributed by atoms with Crippen LogP contribution in [0.3, 0.4) is 0 Å². The van der Waals surface area contributed by atoms with Gasteiger partial charge >= 0.3 is 0 Å². The molecule has 3 aromatic rings. The lowest BCUT2D eigenvalue weighted by Crippen LogP contribution is -2.41. The Balaban J connectivity index is 1.70. The number of benzene rings is 1. The Bertz CT molecular complexity index is 941. The van der Waals surface area contributed by atoms with Gasteiger partial charge in [-0.05, 0) is 19.1 Å². The highest BCUT2D eigenvalue weighted by molar-refractivity contribution is 6.05. The third-order valence-electron chi connectivity index (χ3n) is 4.72. The van der Waals surface area contributed by atoms with Gasteiger partial charge in [0.05, 0.1) is 23.7 Å². The zero-order chi connectivity index (χ0) is 17.6. The number of nitrogens with zero attached hydrogens (tertiary/aromatic N) is 5. The van der Waals surface area contributed by atoms with Crippen molar-refractivity contribution >= 4 is 16.8 Å². The summed E-state index contributed by atoms with van der Waals surface area (Å²) >= 11 is 0. The summed E-state index contributed by atoms with van der Waals surface area (Å²) < 4.78 is 2.18. The Morgan fingerprint density at radius 1 is 1.20 bits per heavy atom. The summed E-state index contributed by atoms with van der Waals surface area (Å²) in [7, 11) is 0. The SMILES string of the molecule is CC(C)c1nnc2n1[C@@H](C)CN(C(=O)c1cccc3cccnc13)C2. The lowest BCUT2D eigenvalue weighted by molar-refractivity contribution is 0.0681. The molecule has 1 atom stereocenters. The average molecular weight is 335 g/mol. The molecule has 4 rings (SSSR count). The number of para-hydroxylation sites is 1. The smallest absolute Gasteiger partial charge is 0.256 e. The molecule has 1 aliphatic heterocycles. The third kappa shape index (κ3) is 2.58. The van der Waals surface area contributed by atoms with Crippen molar-refractivity contribution in [3.8, 4) is 0 Å². The van der Waals surface area contributed by atoms with Crippen molar-refractivity contribution in [2.75, 3.05) is 6.54 Å². The monoisotopic (exact) mass is 335 g/mol. The highest BCUT2D eigenvalue weighted by Crippen LogP contribution is 2.27. The van der Waals surface area contributed by atoms with Gasteiger partial charge in [0, 0.05) is 24.0 Å². The molecule has 0 unspecified atom stereocenters. The molecule has 3 heterocycles. The molecule has 1 aliphatic rings. The van der Waals surface area contributed by atoms with Gasteiger partial charge in [0.2, 0.25) is 0 Å². The molecule has 0 spiro atoms. The van der Waals surface area contributed by atoms with Gasteiger partial charge in [-0.3, -0.25) is 9.78 Å². The fourth-order valence-corrected chi connectivity index (χ4v) is 3.56. The van der Waals surface area contributed by atoms with Gasteiger partial charge in [-0.2, -0.15) is 0 Å². The maximum absolute atomic E-state index is 13.1. The van der Waals surface area contributed by atoms with E-state index in [1.54, 1.807) is 6.20 Å². The maximum Gasteiger partial charge on any atom is 0.256 e. The van der Waals surface area contributed by atoms with E-state index in [1.807, 2.05) is 35.2 Å². The van der Waals surface area contributed by atoms with E-state index in [0.29, 0.717) is 24.6 Å². The molecule has 0 saturated carbocycles. The second-order valence-corrected chi connectivity index (χ2v) is 6.91. The molecule has 0 radical (unpaired) electrons. The van der Waals surface area contributed by atoms with Gasteiger partial charge in [-0.1, -0.05) is 32.0 Å². The first kappa shape index (κ1) is 15.7. The van der Waals surface area contributed by atoms with Crippen LogP contribution in [0.5, 0.6) is 0 Å². The van der Waals surface area contributed by atoms with E-state index in [4.69, 9.17) is 0 Å². The minimum atomic E-state index is -0.00324.